The van der Waals surface area contributed by atoms with E-state index in [2.05, 4.69) is 37.4 Å². The third kappa shape index (κ3) is 5.28. The number of unbranched alkanes of at least 4 members (excludes halogenated alkanes) is 3. The molecule has 0 radical (unpaired) electrons. The molecule has 0 spiro atoms. The molecule has 0 aliphatic heterocycles. The van der Waals surface area contributed by atoms with E-state index in [1.165, 1.54) is 57.9 Å². The molecule has 0 saturated carbocycles. The van der Waals surface area contributed by atoms with Gasteiger partial charge >= 0.3 is 0 Å². The molecular weight excluding hydrogens is 242 g/mol. The lowest BCUT2D eigenvalue weighted by Crippen LogP contribution is -2.20. The fourth-order valence-electron chi connectivity index (χ4n) is 3.10. The summed E-state index contributed by atoms with van der Waals surface area (Å²) in [6, 6.07) is 7.19. The molecule has 1 aliphatic rings. The van der Waals surface area contributed by atoms with Gasteiger partial charge in [-0.1, -0.05) is 44.9 Å². The first-order valence-electron chi connectivity index (χ1n) is 8.57. The summed E-state index contributed by atoms with van der Waals surface area (Å²) in [6.45, 7) is 6.89. The van der Waals surface area contributed by atoms with Crippen LogP contribution in [-0.4, -0.2) is 13.1 Å². The van der Waals surface area contributed by atoms with Gasteiger partial charge in [0.15, 0.2) is 0 Å². The summed E-state index contributed by atoms with van der Waals surface area (Å²) in [5.41, 5.74) is 4.79. The molecule has 1 aliphatic carbocycles. The van der Waals surface area contributed by atoms with Gasteiger partial charge in [0.25, 0.3) is 0 Å². The van der Waals surface area contributed by atoms with Crippen molar-refractivity contribution in [1.82, 2.24) is 5.32 Å². The van der Waals surface area contributed by atoms with Gasteiger partial charge in [0.05, 0.1) is 0 Å². The molecular formula is C19H31N. The molecule has 0 bridgehead atoms. The lowest BCUT2D eigenvalue weighted by Gasteiger charge is -2.07. The lowest BCUT2D eigenvalue weighted by atomic mass is 10.0. The van der Waals surface area contributed by atoms with Gasteiger partial charge in [-0.05, 0) is 74.2 Å². The van der Waals surface area contributed by atoms with Crippen molar-refractivity contribution < 1.29 is 0 Å². The van der Waals surface area contributed by atoms with Gasteiger partial charge < -0.3 is 5.32 Å². The monoisotopic (exact) mass is 273 g/mol. The first-order chi connectivity index (χ1) is 9.75. The molecule has 2 rings (SSSR count). The number of fused-ring (bicyclic) bond motifs is 1. The smallest absolute Gasteiger partial charge is 0.00258 e. The predicted molar refractivity (Wildman–Crippen MR) is 88.3 cm³/mol. The van der Waals surface area contributed by atoms with E-state index in [9.17, 15) is 0 Å². The Morgan fingerprint density at radius 3 is 2.65 bits per heavy atom. The van der Waals surface area contributed by atoms with Crippen LogP contribution in [0.3, 0.4) is 0 Å². The van der Waals surface area contributed by atoms with Crippen molar-refractivity contribution in [3.63, 3.8) is 0 Å². The van der Waals surface area contributed by atoms with Crippen LogP contribution in [0.1, 0.15) is 62.6 Å². The van der Waals surface area contributed by atoms with Gasteiger partial charge in [0.2, 0.25) is 0 Å². The Labute approximate surface area is 125 Å². The highest BCUT2D eigenvalue weighted by Crippen LogP contribution is 2.23. The summed E-state index contributed by atoms with van der Waals surface area (Å²) in [6.07, 6.45) is 10.7. The molecule has 20 heavy (non-hydrogen) atoms. The van der Waals surface area contributed by atoms with Crippen molar-refractivity contribution in [3.05, 3.63) is 34.9 Å². The molecule has 0 unspecified atom stereocenters. The molecule has 112 valence electrons. The largest absolute Gasteiger partial charge is 0.316 e. The topological polar surface area (TPSA) is 12.0 Å². The molecule has 1 nitrogen and oxygen atoms in total. The van der Waals surface area contributed by atoms with Gasteiger partial charge in [-0.25, -0.2) is 0 Å². The first-order valence-corrected chi connectivity index (χ1v) is 8.57. The van der Waals surface area contributed by atoms with Crippen molar-refractivity contribution >= 4 is 0 Å². The van der Waals surface area contributed by atoms with E-state index in [0.29, 0.717) is 0 Å². The van der Waals surface area contributed by atoms with Gasteiger partial charge in [-0.3, -0.25) is 0 Å². The minimum atomic E-state index is 0.773. The Bertz CT molecular complexity index is 395. The normalized spacial score (nSPS) is 13.9. The number of rotatable bonds is 9. The summed E-state index contributed by atoms with van der Waals surface area (Å²) >= 11 is 0. The summed E-state index contributed by atoms with van der Waals surface area (Å²) in [5, 5.41) is 3.52. The zero-order valence-electron chi connectivity index (χ0n) is 13.4. The Hall–Kier alpha value is -0.820. The highest BCUT2D eigenvalue weighted by Gasteiger charge is 2.10. The second-order valence-electron chi connectivity index (χ2n) is 6.72. The minimum absolute atomic E-state index is 0.773. The maximum atomic E-state index is 3.52. The fourth-order valence-corrected chi connectivity index (χ4v) is 3.10. The number of nitrogens with one attached hydrogen (secondary N) is 1. The molecule has 0 aromatic heterocycles. The Morgan fingerprint density at radius 2 is 1.80 bits per heavy atom. The summed E-state index contributed by atoms with van der Waals surface area (Å²) in [7, 11) is 0. The molecule has 0 saturated heterocycles. The molecule has 0 amide bonds. The van der Waals surface area contributed by atoms with Crippen LogP contribution in [0.25, 0.3) is 0 Å². The quantitative estimate of drug-likeness (QED) is 0.652. The second kappa shape index (κ2) is 8.46. The standard InChI is InChI=1S/C19H31N/c1-16(2)15-20-13-6-4-3-5-8-17-11-12-18-9-7-10-19(18)14-17/h11-12,14,16,20H,3-10,13,15H2,1-2H3. The molecule has 1 N–H and O–H groups in total. The van der Waals surface area contributed by atoms with Crippen LogP contribution in [-0.2, 0) is 19.3 Å². The lowest BCUT2D eigenvalue weighted by molar-refractivity contribution is 0.526. The zero-order chi connectivity index (χ0) is 14.2. The van der Waals surface area contributed by atoms with Crippen LogP contribution in [0.15, 0.2) is 18.2 Å². The van der Waals surface area contributed by atoms with Gasteiger partial charge in [0.1, 0.15) is 0 Å². The molecule has 0 atom stereocenters. The first kappa shape index (κ1) is 15.6. The number of aryl methyl sites for hydroxylation is 3. The molecule has 1 heteroatoms. The minimum Gasteiger partial charge on any atom is -0.316 e. The number of benzene rings is 1. The van der Waals surface area contributed by atoms with E-state index in [1.807, 2.05) is 0 Å². The highest BCUT2D eigenvalue weighted by molar-refractivity contribution is 5.35. The van der Waals surface area contributed by atoms with Crippen LogP contribution >= 0.6 is 0 Å². The average Bonchev–Trinajstić information content (AvgIpc) is 2.89. The molecule has 0 heterocycles. The third-order valence-electron chi connectivity index (χ3n) is 4.28. The summed E-state index contributed by atoms with van der Waals surface area (Å²) in [5.74, 6) is 0.773. The van der Waals surface area contributed by atoms with Crippen LogP contribution in [0, 0.1) is 5.92 Å². The number of hydrogen-bond donors (Lipinski definition) is 1. The van der Waals surface area contributed by atoms with E-state index in [1.54, 1.807) is 16.7 Å². The van der Waals surface area contributed by atoms with Crippen LogP contribution in [0.2, 0.25) is 0 Å². The van der Waals surface area contributed by atoms with Crippen molar-refractivity contribution in [2.75, 3.05) is 13.1 Å². The maximum Gasteiger partial charge on any atom is -0.00258 e. The van der Waals surface area contributed by atoms with Crippen LogP contribution in [0.5, 0.6) is 0 Å². The number of hydrogen-bond acceptors (Lipinski definition) is 1. The summed E-state index contributed by atoms with van der Waals surface area (Å²) in [4.78, 5) is 0. The fraction of sp³-hybridized carbons (Fsp3) is 0.684. The van der Waals surface area contributed by atoms with E-state index < -0.39 is 0 Å². The Morgan fingerprint density at radius 1 is 1.00 bits per heavy atom. The second-order valence-corrected chi connectivity index (χ2v) is 6.72. The van der Waals surface area contributed by atoms with Crippen molar-refractivity contribution in [3.8, 4) is 0 Å². The van der Waals surface area contributed by atoms with Crippen molar-refractivity contribution in [1.29, 1.82) is 0 Å². The molecule has 0 fully saturated rings. The van der Waals surface area contributed by atoms with E-state index in [-0.39, 0.29) is 0 Å². The Kier molecular flexibility index (Phi) is 6.59. The average molecular weight is 273 g/mol. The van der Waals surface area contributed by atoms with Gasteiger partial charge in [-0.15, -0.1) is 0 Å². The van der Waals surface area contributed by atoms with Crippen LogP contribution < -0.4 is 5.32 Å². The van der Waals surface area contributed by atoms with E-state index >= 15 is 0 Å². The molecule has 1 aromatic rings. The summed E-state index contributed by atoms with van der Waals surface area (Å²) < 4.78 is 0. The van der Waals surface area contributed by atoms with Crippen molar-refractivity contribution in [2.24, 2.45) is 5.92 Å². The predicted octanol–water partition coefficient (Wildman–Crippen LogP) is 4.52. The van der Waals surface area contributed by atoms with E-state index in [0.717, 1.165) is 12.5 Å². The zero-order valence-corrected chi connectivity index (χ0v) is 13.4. The molecule has 1 aromatic carbocycles. The van der Waals surface area contributed by atoms with Gasteiger partial charge in [0, 0.05) is 0 Å². The van der Waals surface area contributed by atoms with Crippen molar-refractivity contribution in [2.45, 2.75) is 65.2 Å². The highest BCUT2D eigenvalue weighted by atomic mass is 14.8. The van der Waals surface area contributed by atoms with E-state index in [4.69, 9.17) is 0 Å². The SMILES string of the molecule is CC(C)CNCCCCCCc1ccc2c(c1)CCC2. The maximum absolute atomic E-state index is 3.52. The van der Waals surface area contributed by atoms with Crippen LogP contribution in [0.4, 0.5) is 0 Å². The Balaban J connectivity index is 1.53. The third-order valence-corrected chi connectivity index (χ3v) is 4.28. The van der Waals surface area contributed by atoms with Gasteiger partial charge in [-0.2, -0.15) is 0 Å².